The summed E-state index contributed by atoms with van der Waals surface area (Å²) in [7, 11) is -3.66. The zero-order chi connectivity index (χ0) is 16.7. The molecule has 0 fully saturated rings. The van der Waals surface area contributed by atoms with Crippen molar-refractivity contribution in [2.45, 2.75) is 32.8 Å². The predicted molar refractivity (Wildman–Crippen MR) is 83.5 cm³/mol. The molecule has 1 atom stereocenters. The maximum Gasteiger partial charge on any atom is 0.376 e. The number of rotatable bonds is 4. The number of benzene rings is 1. The lowest BCUT2D eigenvalue weighted by atomic mass is 10.0. The van der Waals surface area contributed by atoms with Gasteiger partial charge in [0.2, 0.25) is 5.76 Å². The van der Waals surface area contributed by atoms with Gasteiger partial charge in [0.05, 0.1) is 0 Å². The summed E-state index contributed by atoms with van der Waals surface area (Å²) in [4.78, 5) is 11.9. The molecule has 0 radical (unpaired) electrons. The third-order valence-electron chi connectivity index (χ3n) is 3.58. The van der Waals surface area contributed by atoms with Crippen molar-refractivity contribution in [3.63, 3.8) is 0 Å². The molecular formula is C15H17ClO5S. The van der Waals surface area contributed by atoms with Crippen LogP contribution in [0.3, 0.4) is 0 Å². The van der Waals surface area contributed by atoms with Crippen molar-refractivity contribution in [1.82, 2.24) is 0 Å². The van der Waals surface area contributed by atoms with Crippen molar-refractivity contribution in [1.29, 1.82) is 0 Å². The van der Waals surface area contributed by atoms with Gasteiger partial charge in [-0.1, -0.05) is 18.5 Å². The lowest BCUT2D eigenvalue weighted by Gasteiger charge is -2.22. The van der Waals surface area contributed by atoms with E-state index in [0.717, 1.165) is 11.8 Å². The molecule has 1 heterocycles. The molecule has 0 spiro atoms. The third kappa shape index (κ3) is 2.98. The fraction of sp³-hybridized carbons (Fsp3) is 0.400. The van der Waals surface area contributed by atoms with Crippen molar-refractivity contribution in [2.24, 2.45) is 0 Å². The molecule has 1 aromatic carbocycles. The van der Waals surface area contributed by atoms with E-state index in [0.29, 0.717) is 17.2 Å². The van der Waals surface area contributed by atoms with Gasteiger partial charge in [-0.2, -0.15) is 0 Å². The molecule has 1 aliphatic rings. The Morgan fingerprint density at radius 1 is 1.36 bits per heavy atom. The average Bonchev–Trinajstić information content (AvgIpc) is 2.65. The van der Waals surface area contributed by atoms with E-state index in [1.807, 2.05) is 0 Å². The van der Waals surface area contributed by atoms with Crippen LogP contribution < -0.4 is 4.74 Å². The highest BCUT2D eigenvalue weighted by Crippen LogP contribution is 2.39. The van der Waals surface area contributed by atoms with E-state index < -0.39 is 21.4 Å². The second kappa shape index (κ2) is 5.59. The normalized spacial score (nSPS) is 22.0. The second-order valence-corrected chi connectivity index (χ2v) is 7.78. The smallest absolute Gasteiger partial charge is 0.376 e. The van der Waals surface area contributed by atoms with Crippen LogP contribution in [-0.4, -0.2) is 26.2 Å². The van der Waals surface area contributed by atoms with Crippen molar-refractivity contribution in [3.05, 3.63) is 39.4 Å². The molecule has 0 N–H and O–H groups in total. The van der Waals surface area contributed by atoms with Crippen molar-refractivity contribution in [2.75, 3.05) is 6.26 Å². The Kier molecular flexibility index (Phi) is 4.28. The molecule has 22 heavy (non-hydrogen) atoms. The van der Waals surface area contributed by atoms with Crippen LogP contribution in [0.2, 0.25) is 5.02 Å². The van der Waals surface area contributed by atoms with Gasteiger partial charge in [0.15, 0.2) is 9.84 Å². The minimum absolute atomic E-state index is 0.125. The molecule has 5 nitrogen and oxygen atoms in total. The van der Waals surface area contributed by atoms with E-state index in [9.17, 15) is 13.2 Å². The van der Waals surface area contributed by atoms with Crippen LogP contribution in [0.15, 0.2) is 28.9 Å². The summed E-state index contributed by atoms with van der Waals surface area (Å²) in [5.74, 6) is -0.735. The maximum absolute atomic E-state index is 12.1. The van der Waals surface area contributed by atoms with Crippen molar-refractivity contribution < 1.29 is 22.7 Å². The molecule has 0 aliphatic carbocycles. The zero-order valence-corrected chi connectivity index (χ0v) is 14.3. The number of halogens is 1. The molecule has 120 valence electrons. The molecule has 0 saturated heterocycles. The van der Waals surface area contributed by atoms with Crippen LogP contribution in [0, 0.1) is 6.92 Å². The summed E-state index contributed by atoms with van der Waals surface area (Å²) < 4.78 is 34.9. The Balaban J connectivity index is 2.55. The molecule has 1 unspecified atom stereocenters. The van der Waals surface area contributed by atoms with E-state index in [1.54, 1.807) is 39.0 Å². The molecule has 1 aliphatic heterocycles. The quantitative estimate of drug-likeness (QED) is 0.785. The van der Waals surface area contributed by atoms with E-state index in [4.69, 9.17) is 21.1 Å². The van der Waals surface area contributed by atoms with Gasteiger partial charge in [-0.3, -0.25) is 0 Å². The number of esters is 1. The monoisotopic (exact) mass is 344 g/mol. The Bertz CT molecular complexity index is 766. The summed E-state index contributed by atoms with van der Waals surface area (Å²) in [6.07, 6.45) is 1.36. The average molecular weight is 345 g/mol. The van der Waals surface area contributed by atoms with Crippen LogP contribution in [0.25, 0.3) is 0 Å². The summed E-state index contributed by atoms with van der Waals surface area (Å²) in [6, 6.07) is 4.81. The largest absolute Gasteiger partial charge is 0.448 e. The fourth-order valence-electron chi connectivity index (χ4n) is 2.31. The van der Waals surface area contributed by atoms with Crippen LogP contribution in [0.5, 0.6) is 5.75 Å². The standard InChI is InChI=1S/C15H17ClO5S/c1-5-15(3)13(22(4,18)19)12(14(17)21-15)20-10-6-7-11(16)9(2)8-10/h6-8H,5H2,1-4H3. The Labute approximate surface area is 134 Å². The van der Waals surface area contributed by atoms with E-state index in [1.165, 1.54) is 0 Å². The zero-order valence-electron chi connectivity index (χ0n) is 12.8. The Morgan fingerprint density at radius 2 is 2.00 bits per heavy atom. The van der Waals surface area contributed by atoms with Crippen molar-refractivity contribution >= 4 is 27.4 Å². The number of hydrogen-bond donors (Lipinski definition) is 0. The van der Waals surface area contributed by atoms with Gasteiger partial charge >= 0.3 is 5.97 Å². The van der Waals surface area contributed by atoms with Gasteiger partial charge < -0.3 is 9.47 Å². The van der Waals surface area contributed by atoms with Gasteiger partial charge in [0.1, 0.15) is 16.3 Å². The minimum atomic E-state index is -3.66. The molecule has 0 aromatic heterocycles. The number of carbonyl (C=O) groups excluding carboxylic acids is 1. The summed E-state index contributed by atoms with van der Waals surface area (Å²) in [6.45, 7) is 5.09. The van der Waals surface area contributed by atoms with E-state index in [-0.39, 0.29) is 10.7 Å². The molecule has 2 rings (SSSR count). The highest BCUT2D eigenvalue weighted by atomic mass is 35.5. The minimum Gasteiger partial charge on any atom is -0.448 e. The molecule has 0 bridgehead atoms. The number of aryl methyl sites for hydroxylation is 1. The lowest BCUT2D eigenvalue weighted by molar-refractivity contribution is -0.147. The highest BCUT2D eigenvalue weighted by Gasteiger charge is 2.49. The second-order valence-electron chi connectivity index (χ2n) is 5.42. The maximum atomic E-state index is 12.1. The first kappa shape index (κ1) is 16.8. The van der Waals surface area contributed by atoms with Gasteiger partial charge in [0, 0.05) is 11.3 Å². The van der Waals surface area contributed by atoms with Crippen LogP contribution in [0.4, 0.5) is 0 Å². The van der Waals surface area contributed by atoms with Crippen LogP contribution in [0.1, 0.15) is 25.8 Å². The first-order chi connectivity index (χ1) is 10.1. The number of hydrogen-bond acceptors (Lipinski definition) is 5. The number of sulfone groups is 1. The first-order valence-electron chi connectivity index (χ1n) is 6.70. The predicted octanol–water partition coefficient (Wildman–Crippen LogP) is 3.01. The Hall–Kier alpha value is -1.53. The lowest BCUT2D eigenvalue weighted by Crippen LogP contribution is -2.30. The highest BCUT2D eigenvalue weighted by molar-refractivity contribution is 7.94. The molecule has 7 heteroatoms. The first-order valence-corrected chi connectivity index (χ1v) is 8.97. The molecule has 0 saturated carbocycles. The number of carbonyl (C=O) groups is 1. The van der Waals surface area contributed by atoms with Crippen LogP contribution in [-0.2, 0) is 19.4 Å². The number of ether oxygens (including phenoxy) is 2. The van der Waals surface area contributed by atoms with Gasteiger partial charge in [0.25, 0.3) is 0 Å². The molecule has 0 amide bonds. The van der Waals surface area contributed by atoms with Gasteiger partial charge in [-0.15, -0.1) is 0 Å². The van der Waals surface area contributed by atoms with Crippen LogP contribution >= 0.6 is 11.6 Å². The summed E-state index contributed by atoms with van der Waals surface area (Å²) >= 11 is 5.94. The SMILES string of the molecule is CCC1(C)OC(=O)C(Oc2ccc(Cl)c(C)c2)=C1S(C)(=O)=O. The summed E-state index contributed by atoms with van der Waals surface area (Å²) in [5.41, 5.74) is -0.452. The van der Waals surface area contributed by atoms with E-state index >= 15 is 0 Å². The topological polar surface area (TPSA) is 69.7 Å². The molecular weight excluding hydrogens is 328 g/mol. The van der Waals surface area contributed by atoms with Gasteiger partial charge in [-0.25, -0.2) is 13.2 Å². The number of cyclic esters (lactones) is 1. The third-order valence-corrected chi connectivity index (χ3v) is 5.37. The summed E-state index contributed by atoms with van der Waals surface area (Å²) in [5, 5.41) is 0.553. The van der Waals surface area contributed by atoms with Gasteiger partial charge in [-0.05, 0) is 44.0 Å². The fourth-order valence-corrected chi connectivity index (χ4v) is 3.86. The van der Waals surface area contributed by atoms with Crippen molar-refractivity contribution in [3.8, 4) is 5.75 Å². The Morgan fingerprint density at radius 3 is 2.50 bits per heavy atom. The molecule has 1 aromatic rings. The van der Waals surface area contributed by atoms with E-state index in [2.05, 4.69) is 0 Å².